The standard InChI is InChI=1S/C16H15FN4O2S/c1-24(22,23)15-3-2-6-19-16(15)20-10-12-4-5-14(13(17)9-12)21-8-7-18-11-21/h2-9,11H,10H2,1H3,(H,19,20). The number of hydrogen-bond donors (Lipinski definition) is 1. The van der Waals surface area contributed by atoms with Gasteiger partial charge in [-0.3, -0.25) is 0 Å². The molecule has 0 saturated carbocycles. The number of aromatic nitrogens is 3. The second-order valence-corrected chi connectivity index (χ2v) is 7.22. The third kappa shape index (κ3) is 3.43. The minimum atomic E-state index is -3.39. The maximum Gasteiger partial charge on any atom is 0.179 e. The highest BCUT2D eigenvalue weighted by Gasteiger charge is 2.14. The minimum absolute atomic E-state index is 0.112. The summed E-state index contributed by atoms with van der Waals surface area (Å²) in [6.07, 6.45) is 7.36. The highest BCUT2D eigenvalue weighted by Crippen LogP contribution is 2.20. The van der Waals surface area contributed by atoms with E-state index in [0.717, 1.165) is 6.26 Å². The summed E-state index contributed by atoms with van der Waals surface area (Å²) in [6.45, 7) is 0.251. The number of nitrogens with one attached hydrogen (secondary N) is 1. The molecule has 0 aliphatic rings. The molecule has 0 amide bonds. The lowest BCUT2D eigenvalue weighted by atomic mass is 10.2. The van der Waals surface area contributed by atoms with Crippen LogP contribution in [-0.2, 0) is 16.4 Å². The van der Waals surface area contributed by atoms with Gasteiger partial charge in [0.15, 0.2) is 9.84 Å². The average molecular weight is 346 g/mol. The van der Waals surface area contributed by atoms with Crippen LogP contribution < -0.4 is 5.32 Å². The van der Waals surface area contributed by atoms with Gasteiger partial charge in [-0.2, -0.15) is 0 Å². The highest BCUT2D eigenvalue weighted by molar-refractivity contribution is 7.90. The van der Waals surface area contributed by atoms with Crippen molar-refractivity contribution in [2.45, 2.75) is 11.4 Å². The van der Waals surface area contributed by atoms with Crippen LogP contribution in [0.1, 0.15) is 5.56 Å². The first-order chi connectivity index (χ1) is 11.4. The molecule has 0 fully saturated rings. The molecule has 3 aromatic rings. The van der Waals surface area contributed by atoms with E-state index in [2.05, 4.69) is 15.3 Å². The molecule has 0 atom stereocenters. The van der Waals surface area contributed by atoms with Gasteiger partial charge < -0.3 is 9.88 Å². The van der Waals surface area contributed by atoms with Crippen LogP contribution in [-0.4, -0.2) is 29.2 Å². The van der Waals surface area contributed by atoms with Gasteiger partial charge in [-0.25, -0.2) is 22.8 Å². The third-order valence-corrected chi connectivity index (χ3v) is 4.55. The van der Waals surface area contributed by atoms with E-state index in [4.69, 9.17) is 0 Å². The van der Waals surface area contributed by atoms with Gasteiger partial charge in [0.2, 0.25) is 0 Å². The monoisotopic (exact) mass is 346 g/mol. The summed E-state index contributed by atoms with van der Waals surface area (Å²) < 4.78 is 39.3. The summed E-state index contributed by atoms with van der Waals surface area (Å²) in [7, 11) is -3.39. The molecule has 1 N–H and O–H groups in total. The molecular weight excluding hydrogens is 331 g/mol. The van der Waals surface area contributed by atoms with E-state index < -0.39 is 15.7 Å². The van der Waals surface area contributed by atoms with E-state index >= 15 is 0 Å². The molecular formula is C16H15FN4O2S. The number of rotatable bonds is 5. The molecule has 0 aliphatic heterocycles. The molecule has 24 heavy (non-hydrogen) atoms. The van der Waals surface area contributed by atoms with Gasteiger partial charge in [-0.05, 0) is 29.8 Å². The fraction of sp³-hybridized carbons (Fsp3) is 0.125. The van der Waals surface area contributed by atoms with Crippen LogP contribution in [0.15, 0.2) is 60.1 Å². The first-order valence-electron chi connectivity index (χ1n) is 7.11. The second kappa shape index (κ2) is 6.40. The number of nitrogens with zero attached hydrogens (tertiary/aromatic N) is 3. The first-order valence-corrected chi connectivity index (χ1v) is 9.00. The van der Waals surface area contributed by atoms with Crippen molar-refractivity contribution in [2.24, 2.45) is 0 Å². The molecule has 3 rings (SSSR count). The lowest BCUT2D eigenvalue weighted by molar-refractivity contribution is 0.601. The van der Waals surface area contributed by atoms with E-state index in [9.17, 15) is 12.8 Å². The molecule has 0 unspecified atom stereocenters. The van der Waals surface area contributed by atoms with Crippen LogP contribution in [0.4, 0.5) is 10.2 Å². The summed E-state index contributed by atoms with van der Waals surface area (Å²) in [4.78, 5) is 8.05. The quantitative estimate of drug-likeness (QED) is 0.768. The summed E-state index contributed by atoms with van der Waals surface area (Å²) in [6, 6.07) is 7.83. The number of imidazole rings is 1. The molecule has 0 spiro atoms. The maximum absolute atomic E-state index is 14.2. The lowest BCUT2D eigenvalue weighted by Crippen LogP contribution is -2.08. The Labute approximate surface area is 138 Å². The van der Waals surface area contributed by atoms with E-state index in [1.807, 2.05) is 0 Å². The van der Waals surface area contributed by atoms with Crippen LogP contribution >= 0.6 is 0 Å². The Hall–Kier alpha value is -2.74. The van der Waals surface area contributed by atoms with Gasteiger partial charge in [0.1, 0.15) is 16.5 Å². The van der Waals surface area contributed by atoms with Gasteiger partial charge in [0, 0.05) is 31.4 Å². The highest BCUT2D eigenvalue weighted by atomic mass is 32.2. The average Bonchev–Trinajstić information content (AvgIpc) is 3.06. The van der Waals surface area contributed by atoms with Gasteiger partial charge in [0.05, 0.1) is 12.0 Å². The topological polar surface area (TPSA) is 76.9 Å². The Morgan fingerprint density at radius 2 is 2.08 bits per heavy atom. The van der Waals surface area contributed by atoms with E-state index in [0.29, 0.717) is 11.3 Å². The summed E-state index contributed by atoms with van der Waals surface area (Å²) in [5, 5.41) is 2.94. The minimum Gasteiger partial charge on any atom is -0.365 e. The van der Waals surface area contributed by atoms with Crippen molar-refractivity contribution < 1.29 is 12.8 Å². The number of hydrogen-bond acceptors (Lipinski definition) is 5. The molecule has 0 bridgehead atoms. The summed E-state index contributed by atoms with van der Waals surface area (Å²) in [5.41, 5.74) is 1.06. The van der Waals surface area contributed by atoms with Crippen LogP contribution in [0.3, 0.4) is 0 Å². The van der Waals surface area contributed by atoms with Crippen molar-refractivity contribution in [1.82, 2.24) is 14.5 Å². The van der Waals surface area contributed by atoms with E-state index in [1.165, 1.54) is 24.7 Å². The normalized spacial score (nSPS) is 11.4. The van der Waals surface area contributed by atoms with Gasteiger partial charge in [0.25, 0.3) is 0 Å². The molecule has 0 saturated heterocycles. The number of pyridine rings is 1. The molecule has 2 aromatic heterocycles. The van der Waals surface area contributed by atoms with Crippen molar-refractivity contribution in [2.75, 3.05) is 11.6 Å². The number of halogens is 1. The Morgan fingerprint density at radius 3 is 2.75 bits per heavy atom. The predicted octanol–water partition coefficient (Wildman–Crippen LogP) is 2.42. The maximum atomic E-state index is 14.2. The SMILES string of the molecule is CS(=O)(=O)c1cccnc1NCc1ccc(-n2ccnc2)c(F)c1. The molecule has 6 nitrogen and oxygen atoms in total. The van der Waals surface area contributed by atoms with Gasteiger partial charge >= 0.3 is 0 Å². The van der Waals surface area contributed by atoms with Crippen LogP contribution in [0.5, 0.6) is 0 Å². The zero-order valence-corrected chi connectivity index (χ0v) is 13.7. The van der Waals surface area contributed by atoms with Crippen molar-refractivity contribution >= 4 is 15.7 Å². The number of benzene rings is 1. The predicted molar refractivity (Wildman–Crippen MR) is 88.2 cm³/mol. The zero-order chi connectivity index (χ0) is 17.2. The van der Waals surface area contributed by atoms with Crippen molar-refractivity contribution in [3.63, 3.8) is 0 Å². The fourth-order valence-electron chi connectivity index (χ4n) is 2.28. The summed E-state index contributed by atoms with van der Waals surface area (Å²) in [5.74, 6) is -0.143. The van der Waals surface area contributed by atoms with Crippen molar-refractivity contribution in [3.05, 3.63) is 66.6 Å². The van der Waals surface area contributed by atoms with Crippen LogP contribution in [0.25, 0.3) is 5.69 Å². The van der Waals surface area contributed by atoms with Gasteiger partial charge in [-0.15, -0.1) is 0 Å². The molecule has 0 radical (unpaired) electrons. The molecule has 124 valence electrons. The van der Waals surface area contributed by atoms with Gasteiger partial charge in [-0.1, -0.05) is 6.07 Å². The first kappa shape index (κ1) is 16.1. The fourth-order valence-corrected chi connectivity index (χ4v) is 3.08. The van der Waals surface area contributed by atoms with E-state index in [1.54, 1.807) is 35.2 Å². The van der Waals surface area contributed by atoms with Crippen molar-refractivity contribution in [3.8, 4) is 5.69 Å². The summed E-state index contributed by atoms with van der Waals surface area (Å²) >= 11 is 0. The lowest BCUT2D eigenvalue weighted by Gasteiger charge is -2.11. The molecule has 2 heterocycles. The Balaban J connectivity index is 1.80. The molecule has 0 aliphatic carbocycles. The smallest absolute Gasteiger partial charge is 0.179 e. The second-order valence-electron chi connectivity index (χ2n) is 5.23. The largest absolute Gasteiger partial charge is 0.365 e. The van der Waals surface area contributed by atoms with E-state index in [-0.39, 0.29) is 17.3 Å². The van der Waals surface area contributed by atoms with Crippen molar-refractivity contribution in [1.29, 1.82) is 0 Å². The number of anilines is 1. The Kier molecular flexibility index (Phi) is 4.30. The zero-order valence-electron chi connectivity index (χ0n) is 12.8. The number of sulfone groups is 1. The molecule has 1 aromatic carbocycles. The Bertz CT molecular complexity index is 956. The third-order valence-electron chi connectivity index (χ3n) is 3.42. The van der Waals surface area contributed by atoms with Crippen LogP contribution in [0.2, 0.25) is 0 Å². The molecule has 8 heteroatoms. The Morgan fingerprint density at radius 1 is 1.25 bits per heavy atom. The van der Waals surface area contributed by atoms with Crippen LogP contribution in [0, 0.1) is 5.82 Å².